The van der Waals surface area contributed by atoms with E-state index in [0.29, 0.717) is 11.3 Å². The Balaban J connectivity index is 1.90. The van der Waals surface area contributed by atoms with Crippen molar-refractivity contribution in [2.45, 2.75) is 108 Å². The largest absolute Gasteiger partial charge is 0.497 e. The zero-order valence-corrected chi connectivity index (χ0v) is 30.0. The molecule has 0 bridgehead atoms. The van der Waals surface area contributed by atoms with Gasteiger partial charge in [-0.1, -0.05) is 32.9 Å². The molecule has 1 fully saturated rings. The van der Waals surface area contributed by atoms with Crippen molar-refractivity contribution in [2.24, 2.45) is 5.73 Å². The summed E-state index contributed by atoms with van der Waals surface area (Å²) in [5.41, 5.74) is 4.92. The van der Waals surface area contributed by atoms with Crippen LogP contribution in [0.4, 0.5) is 0 Å². The maximum absolute atomic E-state index is 13.8. The Labute approximate surface area is 285 Å². The Bertz CT molecular complexity index is 1540. The van der Waals surface area contributed by atoms with E-state index in [2.05, 4.69) is 10.6 Å². The van der Waals surface area contributed by atoms with Crippen LogP contribution in [0.5, 0.6) is 5.75 Å². The van der Waals surface area contributed by atoms with Crippen LogP contribution in [-0.2, 0) is 25.3 Å². The number of carboxylic acids is 1. The van der Waals surface area contributed by atoms with Gasteiger partial charge >= 0.3 is 11.7 Å². The second-order valence-electron chi connectivity index (χ2n) is 13.8. The fourth-order valence-electron chi connectivity index (χ4n) is 5.05. The van der Waals surface area contributed by atoms with Gasteiger partial charge in [0, 0.05) is 18.8 Å². The van der Waals surface area contributed by atoms with Gasteiger partial charge in [0.25, 0.3) is 5.56 Å². The van der Waals surface area contributed by atoms with E-state index < -0.39 is 80.3 Å². The average Bonchev–Trinajstić information content (AvgIpc) is 3.34. The summed E-state index contributed by atoms with van der Waals surface area (Å²) in [5.74, 6) is -1.40. The van der Waals surface area contributed by atoms with Crippen LogP contribution in [0.25, 0.3) is 0 Å². The maximum Gasteiger partial charge on any atom is 0.333 e. The quantitative estimate of drug-likeness (QED) is 0.0848. The summed E-state index contributed by atoms with van der Waals surface area (Å²) in [5, 5.41) is 47.3. The molecule has 0 spiro atoms. The van der Waals surface area contributed by atoms with Crippen LogP contribution >= 0.6 is 0 Å². The molecule has 1 aliphatic heterocycles. The van der Waals surface area contributed by atoms with Crippen molar-refractivity contribution in [3.05, 3.63) is 62.9 Å². The van der Waals surface area contributed by atoms with Crippen molar-refractivity contribution in [3.63, 3.8) is 0 Å². The third-order valence-corrected chi connectivity index (χ3v) is 13.6. The summed E-state index contributed by atoms with van der Waals surface area (Å²) < 4.78 is 20.0. The fraction of sp³-hybridized carbons (Fsp3) is 0.625. The first kappa shape index (κ1) is 40.0. The number of rotatable bonds is 16. The van der Waals surface area contributed by atoms with Crippen molar-refractivity contribution in [2.75, 3.05) is 20.2 Å². The molecular weight excluding hydrogens is 658 g/mol. The molecule has 2 aromatic rings. The smallest absolute Gasteiger partial charge is 0.333 e. The van der Waals surface area contributed by atoms with Crippen LogP contribution in [-0.4, -0.2) is 113 Å². The lowest BCUT2D eigenvalue weighted by molar-refractivity contribution is -0.149. The predicted octanol–water partition coefficient (Wildman–Crippen LogP) is -0.666. The number of hydrogen-bond donors (Lipinski definition) is 7. The Hall–Kier alpha value is -3.42. The van der Waals surface area contributed by atoms with Crippen LogP contribution in [0.15, 0.2) is 46.1 Å². The molecule has 3 rings (SSSR count). The number of aliphatic hydroxyl groups excluding tert-OH is 3. The zero-order chi connectivity index (χ0) is 36.8. The Morgan fingerprint density at radius 3 is 2.29 bits per heavy atom. The standard InChI is InChI=1S/C32H51N5O11Si/c1-18(38)22(33)28(42)35-15-8-14-34-23(30(43)44)24(40)26-25(41)27(48-49(6,7)32(2,3)4)29(47-26)36-16-13-21(39)37(31(36)45)17-19-9-11-20(46-5)12-10-19/h9-13,16,18,22-27,29,34,38,40-41H,8,14-15,17,33H2,1-7H3,(H,35,42)(H,43,44)/t18?,22-,23-,24+,25+,26?,27+,29+/m0/s1. The van der Waals surface area contributed by atoms with Gasteiger partial charge < -0.3 is 50.7 Å². The van der Waals surface area contributed by atoms with Gasteiger partial charge in [0.1, 0.15) is 42.2 Å². The Morgan fingerprint density at radius 1 is 1.10 bits per heavy atom. The summed E-state index contributed by atoms with van der Waals surface area (Å²) in [6.45, 7) is 11.3. The molecular formula is C32H51N5O11Si. The van der Waals surface area contributed by atoms with E-state index in [-0.39, 0.29) is 31.1 Å². The Kier molecular flexibility index (Phi) is 13.5. The number of carboxylic acid groups (broad SMARTS) is 1. The van der Waals surface area contributed by atoms with E-state index in [9.17, 15) is 39.6 Å². The number of aliphatic carboxylic acids is 1. The third kappa shape index (κ3) is 9.64. The lowest BCUT2D eigenvalue weighted by Gasteiger charge is -2.40. The van der Waals surface area contributed by atoms with Crippen molar-refractivity contribution >= 4 is 20.2 Å². The van der Waals surface area contributed by atoms with E-state index in [1.54, 1.807) is 24.3 Å². The highest BCUT2D eigenvalue weighted by Crippen LogP contribution is 2.42. The predicted molar refractivity (Wildman–Crippen MR) is 182 cm³/mol. The van der Waals surface area contributed by atoms with Gasteiger partial charge in [-0.2, -0.15) is 0 Å². The van der Waals surface area contributed by atoms with Gasteiger partial charge in [-0.15, -0.1) is 0 Å². The van der Waals surface area contributed by atoms with E-state index in [1.165, 1.54) is 26.3 Å². The molecule has 0 radical (unpaired) electrons. The molecule has 1 amide bonds. The van der Waals surface area contributed by atoms with E-state index in [0.717, 1.165) is 9.13 Å². The number of carbonyl (C=O) groups is 2. The highest BCUT2D eigenvalue weighted by molar-refractivity contribution is 6.74. The molecule has 0 aliphatic carbocycles. The molecule has 1 aromatic carbocycles. The molecule has 17 heteroatoms. The first-order valence-corrected chi connectivity index (χ1v) is 19.0. The van der Waals surface area contributed by atoms with Crippen molar-refractivity contribution < 1.29 is 43.9 Å². The Morgan fingerprint density at radius 2 is 1.73 bits per heavy atom. The second kappa shape index (κ2) is 16.5. The van der Waals surface area contributed by atoms with Crippen LogP contribution in [0.3, 0.4) is 0 Å². The van der Waals surface area contributed by atoms with Gasteiger partial charge in [-0.3, -0.25) is 23.5 Å². The topological polar surface area (TPSA) is 237 Å². The summed E-state index contributed by atoms with van der Waals surface area (Å²) in [6, 6.07) is 5.26. The first-order chi connectivity index (χ1) is 22.8. The van der Waals surface area contributed by atoms with E-state index >= 15 is 0 Å². The average molecular weight is 710 g/mol. The molecule has 2 heterocycles. The zero-order valence-electron chi connectivity index (χ0n) is 29.0. The molecule has 274 valence electrons. The summed E-state index contributed by atoms with van der Waals surface area (Å²) in [7, 11) is -1.15. The molecule has 1 aliphatic rings. The third-order valence-electron chi connectivity index (χ3n) is 9.14. The molecule has 8 N–H and O–H groups in total. The fourth-order valence-corrected chi connectivity index (χ4v) is 6.34. The molecule has 16 nitrogen and oxygen atoms in total. The number of hydrogen-bond acceptors (Lipinski definition) is 12. The number of aromatic nitrogens is 2. The second-order valence-corrected chi connectivity index (χ2v) is 18.5. The van der Waals surface area contributed by atoms with Gasteiger partial charge in [0.05, 0.1) is 19.8 Å². The molecule has 1 aromatic heterocycles. The molecule has 1 saturated heterocycles. The number of carbonyl (C=O) groups excluding carboxylic acids is 1. The minimum Gasteiger partial charge on any atom is -0.497 e. The maximum atomic E-state index is 13.8. The van der Waals surface area contributed by atoms with Crippen molar-refractivity contribution in [1.29, 1.82) is 0 Å². The highest BCUT2D eigenvalue weighted by atomic mass is 28.4. The normalized spacial score (nSPS) is 22.3. The summed E-state index contributed by atoms with van der Waals surface area (Å²) in [4.78, 5) is 51.0. The van der Waals surface area contributed by atoms with Gasteiger partial charge in [0.15, 0.2) is 14.5 Å². The minimum absolute atomic E-state index is 0.0319. The molecule has 2 unspecified atom stereocenters. The number of benzene rings is 1. The number of nitrogens with zero attached hydrogens (tertiary/aromatic N) is 2. The molecule has 0 saturated carbocycles. The van der Waals surface area contributed by atoms with E-state index in [4.69, 9.17) is 19.6 Å². The van der Waals surface area contributed by atoms with Crippen LogP contribution < -0.4 is 32.4 Å². The SMILES string of the molecule is COc1ccc(Cn2c(=O)ccn([C@@H]3OC([C@H](O)[C@H](NCCCNC(=O)[C@@H](N)C(C)O)C(=O)O)[C@@H](O)[C@H]3O[Si](C)(C)C(C)(C)C)c2=O)cc1. The number of methoxy groups -OCH3 is 1. The number of ether oxygens (including phenoxy) is 2. The lowest BCUT2D eigenvalue weighted by Crippen LogP contribution is -2.55. The van der Waals surface area contributed by atoms with Crippen LogP contribution in [0, 0.1) is 0 Å². The highest BCUT2D eigenvalue weighted by Gasteiger charge is 2.54. The van der Waals surface area contributed by atoms with Crippen molar-refractivity contribution in [1.82, 2.24) is 19.8 Å². The van der Waals surface area contributed by atoms with Gasteiger partial charge in [0.2, 0.25) is 5.91 Å². The summed E-state index contributed by atoms with van der Waals surface area (Å²) >= 11 is 0. The van der Waals surface area contributed by atoms with Crippen molar-refractivity contribution in [3.8, 4) is 5.75 Å². The monoisotopic (exact) mass is 709 g/mol. The molecule has 49 heavy (non-hydrogen) atoms. The number of amides is 1. The van der Waals surface area contributed by atoms with E-state index in [1.807, 2.05) is 33.9 Å². The number of nitrogens with two attached hydrogens (primary N) is 1. The molecule has 8 atom stereocenters. The number of nitrogens with one attached hydrogen (secondary N) is 2. The first-order valence-electron chi connectivity index (χ1n) is 16.1. The lowest BCUT2D eigenvalue weighted by atomic mass is 9.99. The van der Waals surface area contributed by atoms with Crippen LogP contribution in [0.1, 0.15) is 45.9 Å². The van der Waals surface area contributed by atoms with Gasteiger partial charge in [-0.05, 0) is 55.7 Å². The summed E-state index contributed by atoms with van der Waals surface area (Å²) in [6.07, 6.45) is -7.04. The minimum atomic E-state index is -2.67. The van der Waals surface area contributed by atoms with Crippen LogP contribution in [0.2, 0.25) is 18.1 Å². The number of aliphatic hydroxyl groups is 3. The van der Waals surface area contributed by atoms with Gasteiger partial charge in [-0.25, -0.2) is 4.79 Å².